The van der Waals surface area contributed by atoms with E-state index in [1.54, 1.807) is 18.1 Å². The Hall–Kier alpha value is -1.84. The van der Waals surface area contributed by atoms with E-state index in [0.717, 1.165) is 5.69 Å². The van der Waals surface area contributed by atoms with E-state index in [2.05, 4.69) is 5.10 Å². The van der Waals surface area contributed by atoms with Gasteiger partial charge in [0, 0.05) is 0 Å². The molecule has 2 aromatic rings. The Labute approximate surface area is 75.1 Å². The van der Waals surface area contributed by atoms with E-state index in [-0.39, 0.29) is 5.69 Å². The maximum atomic E-state index is 11.1. The molecule has 0 saturated carbocycles. The molecule has 2 rings (SSSR count). The molecule has 1 N–H and O–H groups in total. The van der Waals surface area contributed by atoms with Crippen molar-refractivity contribution in [1.29, 1.82) is 0 Å². The number of H-pyrrole nitrogens is 1. The van der Waals surface area contributed by atoms with E-state index < -0.39 is 0 Å². The molecule has 0 aliphatic carbocycles. The zero-order valence-corrected chi connectivity index (χ0v) is 7.27. The van der Waals surface area contributed by atoms with Gasteiger partial charge in [0.25, 0.3) is 6.33 Å². The average Bonchev–Trinajstić information content (AvgIpc) is 2.49. The van der Waals surface area contributed by atoms with Gasteiger partial charge in [-0.2, -0.15) is 9.67 Å². The Balaban J connectivity index is 2.54. The van der Waals surface area contributed by atoms with Crippen LogP contribution in [0.2, 0.25) is 0 Å². The minimum absolute atomic E-state index is 0.121. The van der Waals surface area contributed by atoms with E-state index in [4.69, 9.17) is 0 Å². The molecule has 4 heteroatoms. The number of para-hydroxylation sites is 1. The fourth-order valence-corrected chi connectivity index (χ4v) is 1.16. The van der Waals surface area contributed by atoms with Crippen LogP contribution < -0.4 is 10.4 Å². The Bertz CT molecular complexity index is 455. The maximum absolute atomic E-state index is 11.1. The Morgan fingerprint density at radius 1 is 1.31 bits per heavy atom. The number of rotatable bonds is 1. The van der Waals surface area contributed by atoms with Gasteiger partial charge >= 0.3 is 5.69 Å². The van der Waals surface area contributed by atoms with Crippen molar-refractivity contribution >= 4 is 0 Å². The molecule has 1 heterocycles. The van der Waals surface area contributed by atoms with Gasteiger partial charge in [0.2, 0.25) is 0 Å². The molecule has 0 fully saturated rings. The van der Waals surface area contributed by atoms with Crippen molar-refractivity contribution < 1.29 is 4.68 Å². The lowest BCUT2D eigenvalue weighted by Gasteiger charge is -1.90. The lowest BCUT2D eigenvalue weighted by molar-refractivity contribution is -0.658. The molecule has 4 nitrogen and oxygen atoms in total. The Morgan fingerprint density at radius 2 is 2.00 bits per heavy atom. The summed E-state index contributed by atoms with van der Waals surface area (Å²) >= 11 is 0. The summed E-state index contributed by atoms with van der Waals surface area (Å²) in [5.41, 5.74) is 0.823. The first kappa shape index (κ1) is 7.79. The highest BCUT2D eigenvalue weighted by Crippen LogP contribution is 1.94. The third-order valence-corrected chi connectivity index (χ3v) is 1.86. The molecule has 0 spiro atoms. The third kappa shape index (κ3) is 1.38. The molecular formula is C9H10N3O+. The van der Waals surface area contributed by atoms with Crippen LogP contribution in [-0.2, 0) is 7.05 Å². The molecule has 0 atom stereocenters. The zero-order valence-electron chi connectivity index (χ0n) is 7.27. The summed E-state index contributed by atoms with van der Waals surface area (Å²) in [5, 5.41) is 2.68. The van der Waals surface area contributed by atoms with Gasteiger partial charge in [-0.1, -0.05) is 18.2 Å². The molecule has 0 bridgehead atoms. The van der Waals surface area contributed by atoms with Crippen molar-refractivity contribution in [3.05, 3.63) is 47.1 Å². The van der Waals surface area contributed by atoms with Crippen LogP contribution >= 0.6 is 0 Å². The summed E-state index contributed by atoms with van der Waals surface area (Å²) in [6.45, 7) is 0. The molecule has 1 aromatic heterocycles. The summed E-state index contributed by atoms with van der Waals surface area (Å²) in [6, 6.07) is 9.64. The Kier molecular flexibility index (Phi) is 1.73. The number of hydrogen-bond donors (Lipinski definition) is 1. The number of hydrogen-bond acceptors (Lipinski definition) is 1. The predicted octanol–water partition coefficient (Wildman–Crippen LogP) is -0.00990. The lowest BCUT2D eigenvalue weighted by Crippen LogP contribution is -2.33. The van der Waals surface area contributed by atoms with Crippen molar-refractivity contribution in [2.24, 2.45) is 7.05 Å². The lowest BCUT2D eigenvalue weighted by atomic mass is 10.3. The van der Waals surface area contributed by atoms with Crippen LogP contribution in [-0.4, -0.2) is 9.67 Å². The number of aromatic nitrogens is 3. The second kappa shape index (κ2) is 2.90. The fraction of sp³-hybridized carbons (Fsp3) is 0.111. The van der Waals surface area contributed by atoms with Crippen LogP contribution in [0.25, 0.3) is 5.69 Å². The smallest absolute Gasteiger partial charge is 0.217 e. The first-order valence-electron chi connectivity index (χ1n) is 4.00. The van der Waals surface area contributed by atoms with Crippen LogP contribution in [0.15, 0.2) is 41.5 Å². The summed E-state index contributed by atoms with van der Waals surface area (Å²) in [5.74, 6) is 0. The van der Waals surface area contributed by atoms with Gasteiger partial charge in [-0.3, -0.25) is 0 Å². The van der Waals surface area contributed by atoms with Gasteiger partial charge < -0.3 is 0 Å². The number of nitrogens with one attached hydrogen (secondary N) is 1. The summed E-state index contributed by atoms with van der Waals surface area (Å²) in [7, 11) is 1.71. The standard InChI is InChI=1S/C9H9N3O/c1-11-7-12(10-9(11)13)8-5-3-2-4-6-8/h2-7H,1H3/p+1. The molecule has 13 heavy (non-hydrogen) atoms. The van der Waals surface area contributed by atoms with Crippen molar-refractivity contribution in [2.75, 3.05) is 0 Å². The van der Waals surface area contributed by atoms with Crippen molar-refractivity contribution in [2.45, 2.75) is 0 Å². The van der Waals surface area contributed by atoms with Crippen LogP contribution in [0.5, 0.6) is 0 Å². The van der Waals surface area contributed by atoms with Gasteiger partial charge in [0.05, 0.1) is 7.05 Å². The van der Waals surface area contributed by atoms with E-state index in [9.17, 15) is 4.79 Å². The molecular weight excluding hydrogens is 166 g/mol. The number of aryl methyl sites for hydroxylation is 1. The monoisotopic (exact) mass is 176 g/mol. The van der Waals surface area contributed by atoms with E-state index >= 15 is 0 Å². The summed E-state index contributed by atoms with van der Waals surface area (Å²) in [6.07, 6.45) is 1.71. The largest absolute Gasteiger partial charge is 0.443 e. The first-order valence-corrected chi connectivity index (χ1v) is 4.00. The average molecular weight is 176 g/mol. The van der Waals surface area contributed by atoms with Gasteiger partial charge in [-0.25, -0.2) is 4.79 Å². The Morgan fingerprint density at radius 3 is 2.54 bits per heavy atom. The number of aromatic amines is 1. The van der Waals surface area contributed by atoms with Crippen LogP contribution in [0, 0.1) is 0 Å². The summed E-state index contributed by atoms with van der Waals surface area (Å²) < 4.78 is 3.18. The van der Waals surface area contributed by atoms with Crippen molar-refractivity contribution in [3.8, 4) is 5.69 Å². The van der Waals surface area contributed by atoms with Crippen molar-refractivity contribution in [3.63, 3.8) is 0 Å². The van der Waals surface area contributed by atoms with Crippen LogP contribution in [0.4, 0.5) is 0 Å². The van der Waals surface area contributed by atoms with E-state index in [1.165, 1.54) is 4.57 Å². The highest BCUT2D eigenvalue weighted by Gasteiger charge is 2.06. The minimum Gasteiger partial charge on any atom is -0.217 e. The van der Waals surface area contributed by atoms with Gasteiger partial charge in [-0.15, -0.1) is 4.68 Å². The molecule has 0 saturated heterocycles. The van der Waals surface area contributed by atoms with Crippen LogP contribution in [0.1, 0.15) is 0 Å². The molecule has 66 valence electrons. The normalized spacial score (nSPS) is 10.2. The number of nitrogens with zero attached hydrogens (tertiary/aromatic N) is 2. The molecule has 1 aromatic carbocycles. The van der Waals surface area contributed by atoms with E-state index in [1.807, 2.05) is 30.3 Å². The minimum atomic E-state index is -0.121. The molecule has 0 amide bonds. The van der Waals surface area contributed by atoms with Gasteiger partial charge in [0.15, 0.2) is 5.69 Å². The zero-order chi connectivity index (χ0) is 9.26. The second-order valence-corrected chi connectivity index (χ2v) is 2.85. The second-order valence-electron chi connectivity index (χ2n) is 2.85. The van der Waals surface area contributed by atoms with Crippen molar-refractivity contribution in [1.82, 2.24) is 9.67 Å². The molecule has 0 aliphatic rings. The SMILES string of the molecule is Cn1c[n+](-c2ccccc2)[nH]c1=O. The predicted molar refractivity (Wildman–Crippen MR) is 47.6 cm³/mol. The van der Waals surface area contributed by atoms with Crippen LogP contribution in [0.3, 0.4) is 0 Å². The highest BCUT2D eigenvalue weighted by atomic mass is 16.1. The number of benzene rings is 1. The molecule has 0 aliphatic heterocycles. The van der Waals surface area contributed by atoms with Gasteiger partial charge in [0.1, 0.15) is 0 Å². The maximum Gasteiger partial charge on any atom is 0.443 e. The topological polar surface area (TPSA) is 41.7 Å². The quantitative estimate of drug-likeness (QED) is 0.610. The third-order valence-electron chi connectivity index (χ3n) is 1.86. The van der Waals surface area contributed by atoms with Gasteiger partial charge in [-0.05, 0) is 12.1 Å². The fourth-order valence-electron chi connectivity index (χ4n) is 1.16. The first-order chi connectivity index (χ1) is 6.27. The van der Waals surface area contributed by atoms with E-state index in [0.29, 0.717) is 0 Å². The molecule has 0 radical (unpaired) electrons. The molecule has 0 unspecified atom stereocenters. The summed E-state index contributed by atoms with van der Waals surface area (Å²) in [4.78, 5) is 11.1. The highest BCUT2D eigenvalue weighted by molar-refractivity contribution is 5.20.